The second-order valence-electron chi connectivity index (χ2n) is 6.21. The van der Waals surface area contributed by atoms with Crippen LogP contribution in [-0.4, -0.2) is 65.0 Å². The fourth-order valence-electron chi connectivity index (χ4n) is 2.83. The number of hydrogen-bond acceptors (Lipinski definition) is 8. The van der Waals surface area contributed by atoms with Crippen LogP contribution in [0.4, 0.5) is 5.82 Å². The predicted molar refractivity (Wildman–Crippen MR) is 118 cm³/mol. The van der Waals surface area contributed by atoms with Gasteiger partial charge in [0.05, 0.1) is 17.1 Å². The van der Waals surface area contributed by atoms with Crippen LogP contribution in [0.2, 0.25) is 0 Å². The molecule has 0 spiro atoms. The van der Waals surface area contributed by atoms with Crippen LogP contribution >= 0.6 is 24.0 Å². The van der Waals surface area contributed by atoms with Crippen LogP contribution in [0.5, 0.6) is 0 Å². The molecule has 29 heavy (non-hydrogen) atoms. The maximum atomic E-state index is 13.1. The summed E-state index contributed by atoms with van der Waals surface area (Å²) in [7, 11) is 3.21. The van der Waals surface area contributed by atoms with E-state index in [1.807, 2.05) is 6.07 Å². The van der Waals surface area contributed by atoms with Crippen LogP contribution in [0.3, 0.4) is 0 Å². The van der Waals surface area contributed by atoms with E-state index in [1.54, 1.807) is 38.6 Å². The Labute approximate surface area is 177 Å². The van der Waals surface area contributed by atoms with Crippen LogP contribution in [0.15, 0.2) is 34.1 Å². The van der Waals surface area contributed by atoms with E-state index in [0.717, 1.165) is 0 Å². The monoisotopic (exact) mass is 434 g/mol. The van der Waals surface area contributed by atoms with Gasteiger partial charge in [0.15, 0.2) is 0 Å². The molecule has 0 bridgehead atoms. The molecule has 0 atom stereocenters. The first kappa shape index (κ1) is 21.4. The number of nitrogens with one attached hydrogen (secondary N) is 1. The number of pyridine rings is 1. The van der Waals surface area contributed by atoms with Gasteiger partial charge in [-0.2, -0.15) is 0 Å². The summed E-state index contributed by atoms with van der Waals surface area (Å²) >= 11 is 6.53. The Morgan fingerprint density at radius 2 is 2.03 bits per heavy atom. The van der Waals surface area contributed by atoms with Crippen molar-refractivity contribution in [2.75, 3.05) is 45.8 Å². The molecule has 0 unspecified atom stereocenters. The third kappa shape index (κ3) is 4.84. The highest BCUT2D eigenvalue weighted by atomic mass is 32.2. The summed E-state index contributed by atoms with van der Waals surface area (Å²) in [5.74, 6) is 0.194. The number of amides is 1. The lowest BCUT2D eigenvalue weighted by Crippen LogP contribution is -2.29. The standard InChI is InChI=1S/C19H22N4O4S2/c1-26-10-5-9-23-18(25)14(29-19(23)28)12-13-16(20-7-11-27-2)21-15-6-3-4-8-22(15)17(13)24/h3-4,6,8,12,20H,5,7,9-11H2,1-2H3. The van der Waals surface area contributed by atoms with E-state index in [1.165, 1.54) is 21.1 Å². The average Bonchev–Trinajstić information content (AvgIpc) is 2.98. The van der Waals surface area contributed by atoms with Crippen molar-refractivity contribution in [3.05, 3.63) is 45.2 Å². The van der Waals surface area contributed by atoms with Gasteiger partial charge in [-0.3, -0.25) is 18.9 Å². The molecule has 1 aliphatic heterocycles. The highest BCUT2D eigenvalue weighted by Gasteiger charge is 2.32. The van der Waals surface area contributed by atoms with Crippen molar-refractivity contribution in [2.45, 2.75) is 6.42 Å². The molecule has 154 valence electrons. The van der Waals surface area contributed by atoms with Gasteiger partial charge in [-0.25, -0.2) is 4.98 Å². The van der Waals surface area contributed by atoms with E-state index in [4.69, 9.17) is 21.7 Å². The molecular weight excluding hydrogens is 412 g/mol. The summed E-state index contributed by atoms with van der Waals surface area (Å²) in [6, 6.07) is 5.32. The number of nitrogens with zero attached hydrogens (tertiary/aromatic N) is 3. The smallest absolute Gasteiger partial charge is 0.267 e. The zero-order valence-electron chi connectivity index (χ0n) is 16.2. The lowest BCUT2D eigenvalue weighted by molar-refractivity contribution is -0.122. The zero-order valence-corrected chi connectivity index (χ0v) is 17.8. The number of thioether (sulfide) groups is 1. The van der Waals surface area contributed by atoms with E-state index in [0.29, 0.717) is 59.0 Å². The first-order valence-corrected chi connectivity index (χ1v) is 10.3. The summed E-state index contributed by atoms with van der Waals surface area (Å²) in [5.41, 5.74) is 0.559. The van der Waals surface area contributed by atoms with Crippen molar-refractivity contribution in [1.29, 1.82) is 0 Å². The minimum Gasteiger partial charge on any atom is -0.385 e. The van der Waals surface area contributed by atoms with Gasteiger partial charge >= 0.3 is 0 Å². The molecule has 0 aromatic carbocycles. The molecule has 2 aromatic heterocycles. The fourth-order valence-corrected chi connectivity index (χ4v) is 4.12. The van der Waals surface area contributed by atoms with E-state index in [-0.39, 0.29) is 11.5 Å². The van der Waals surface area contributed by atoms with Crippen LogP contribution in [0.25, 0.3) is 11.7 Å². The lowest BCUT2D eigenvalue weighted by Gasteiger charge is -2.13. The van der Waals surface area contributed by atoms with Crippen molar-refractivity contribution in [3.63, 3.8) is 0 Å². The van der Waals surface area contributed by atoms with Gasteiger partial charge in [0.2, 0.25) is 0 Å². The van der Waals surface area contributed by atoms with Crippen molar-refractivity contribution in [1.82, 2.24) is 14.3 Å². The quantitative estimate of drug-likeness (QED) is 0.364. The molecule has 1 fully saturated rings. The zero-order chi connectivity index (χ0) is 20.8. The number of rotatable bonds is 9. The predicted octanol–water partition coefficient (Wildman–Crippen LogP) is 1.99. The molecular formula is C19H22N4O4S2. The van der Waals surface area contributed by atoms with E-state index in [2.05, 4.69) is 10.3 Å². The third-order valence-corrected chi connectivity index (χ3v) is 5.62. The van der Waals surface area contributed by atoms with Gasteiger partial charge in [-0.15, -0.1) is 0 Å². The Bertz CT molecular complexity index is 1010. The largest absolute Gasteiger partial charge is 0.385 e. The third-order valence-electron chi connectivity index (χ3n) is 4.25. The van der Waals surface area contributed by atoms with Gasteiger partial charge in [-0.1, -0.05) is 30.0 Å². The van der Waals surface area contributed by atoms with Crippen molar-refractivity contribution in [3.8, 4) is 0 Å². The highest BCUT2D eigenvalue weighted by molar-refractivity contribution is 8.26. The van der Waals surface area contributed by atoms with Crippen LogP contribution in [-0.2, 0) is 14.3 Å². The van der Waals surface area contributed by atoms with Crippen molar-refractivity contribution < 1.29 is 14.3 Å². The fraction of sp³-hybridized carbons (Fsp3) is 0.368. The van der Waals surface area contributed by atoms with E-state index < -0.39 is 0 Å². The Kier molecular flexibility index (Phi) is 7.37. The number of hydrogen-bond donors (Lipinski definition) is 1. The summed E-state index contributed by atoms with van der Waals surface area (Å²) in [6.45, 7) is 1.95. The Morgan fingerprint density at radius 1 is 1.24 bits per heavy atom. The lowest BCUT2D eigenvalue weighted by atomic mass is 10.2. The number of fused-ring (bicyclic) bond motifs is 1. The molecule has 0 saturated carbocycles. The molecule has 1 aliphatic rings. The number of ether oxygens (including phenoxy) is 2. The second kappa shape index (κ2) is 9.97. The maximum absolute atomic E-state index is 13.1. The van der Waals surface area contributed by atoms with Gasteiger partial charge in [0, 0.05) is 40.1 Å². The molecule has 3 rings (SSSR count). The number of methoxy groups -OCH3 is 2. The normalized spacial score (nSPS) is 15.7. The number of thiocarbonyl (C=S) groups is 1. The average molecular weight is 435 g/mol. The van der Waals surface area contributed by atoms with E-state index in [9.17, 15) is 9.59 Å². The van der Waals surface area contributed by atoms with Crippen molar-refractivity contribution in [2.24, 2.45) is 0 Å². The molecule has 0 aliphatic carbocycles. The van der Waals surface area contributed by atoms with Gasteiger partial charge in [0.25, 0.3) is 11.5 Å². The second-order valence-corrected chi connectivity index (χ2v) is 7.88. The number of anilines is 1. The molecule has 2 aromatic rings. The minimum absolute atomic E-state index is 0.212. The molecule has 1 amide bonds. The summed E-state index contributed by atoms with van der Waals surface area (Å²) in [5, 5.41) is 3.12. The van der Waals surface area contributed by atoms with Crippen molar-refractivity contribution >= 4 is 51.7 Å². The van der Waals surface area contributed by atoms with Crippen LogP contribution in [0, 0.1) is 0 Å². The molecule has 1 N–H and O–H groups in total. The molecule has 1 saturated heterocycles. The highest BCUT2D eigenvalue weighted by Crippen LogP contribution is 2.33. The Balaban J connectivity index is 1.98. The molecule has 8 nitrogen and oxygen atoms in total. The first-order valence-electron chi connectivity index (χ1n) is 9.05. The summed E-state index contributed by atoms with van der Waals surface area (Å²) < 4.78 is 12.0. The Morgan fingerprint density at radius 3 is 2.79 bits per heavy atom. The maximum Gasteiger partial charge on any atom is 0.267 e. The Hall–Kier alpha value is -2.27. The molecule has 3 heterocycles. The number of carbonyl (C=O) groups excluding carboxylic acids is 1. The number of aromatic nitrogens is 2. The minimum atomic E-state index is -0.264. The van der Waals surface area contributed by atoms with Gasteiger partial charge in [0.1, 0.15) is 15.8 Å². The van der Waals surface area contributed by atoms with Crippen LogP contribution in [0.1, 0.15) is 12.0 Å². The summed E-state index contributed by atoms with van der Waals surface area (Å²) in [6.07, 6.45) is 3.90. The van der Waals surface area contributed by atoms with Crippen LogP contribution < -0.4 is 10.9 Å². The van der Waals surface area contributed by atoms with E-state index >= 15 is 0 Å². The first-order chi connectivity index (χ1) is 14.1. The summed E-state index contributed by atoms with van der Waals surface area (Å²) in [4.78, 5) is 32.4. The number of carbonyl (C=O) groups is 1. The topological polar surface area (TPSA) is 85.2 Å². The molecule has 10 heteroatoms. The van der Waals surface area contributed by atoms with Gasteiger partial charge < -0.3 is 14.8 Å². The SMILES string of the molecule is COCCCN1C(=O)C(=Cc2c(NCCOC)nc3ccccn3c2=O)SC1=S. The molecule has 0 radical (unpaired) electrons. The van der Waals surface area contributed by atoms with Gasteiger partial charge in [-0.05, 0) is 24.6 Å².